The zero-order valence-electron chi connectivity index (χ0n) is 19.8. The summed E-state index contributed by atoms with van der Waals surface area (Å²) in [6.45, 7) is 13.7. The molecule has 0 unspecified atom stereocenters. The fraction of sp³-hybridized carbons (Fsp3) is 0.360. The molecule has 34 heavy (non-hydrogen) atoms. The molecule has 2 N–H and O–H groups in total. The summed E-state index contributed by atoms with van der Waals surface area (Å²) in [6, 6.07) is 7.97. The maximum absolute atomic E-state index is 12.3. The van der Waals surface area contributed by atoms with Gasteiger partial charge in [-0.15, -0.1) is 13.2 Å². The lowest BCUT2D eigenvalue weighted by Crippen LogP contribution is -2.21. The molecular formula is C25H29F3N2O4. The highest BCUT2D eigenvalue weighted by Crippen LogP contribution is 2.37. The molecule has 1 heterocycles. The minimum atomic E-state index is -4.82. The number of fused-ring (bicyclic) bond motifs is 1. The summed E-state index contributed by atoms with van der Waals surface area (Å²) in [5.74, 6) is -2.32. The molecule has 3 aromatic rings. The van der Waals surface area contributed by atoms with Crippen LogP contribution in [0, 0.1) is 13.8 Å². The highest BCUT2D eigenvalue weighted by Gasteiger charge is 2.31. The second-order valence-corrected chi connectivity index (χ2v) is 7.58. The van der Waals surface area contributed by atoms with Crippen LogP contribution in [0.1, 0.15) is 42.3 Å². The predicted octanol–water partition coefficient (Wildman–Crippen LogP) is 6.17. The molecule has 184 valence electrons. The van der Waals surface area contributed by atoms with Crippen LogP contribution in [0.5, 0.6) is 11.5 Å². The topological polar surface area (TPSA) is 82.9 Å². The Hall–Kier alpha value is -3.33. The van der Waals surface area contributed by atoms with Gasteiger partial charge in [0.25, 0.3) is 0 Å². The number of hydrogen-bond donors (Lipinski definition) is 2. The van der Waals surface area contributed by atoms with Crippen LogP contribution in [0.15, 0.2) is 36.4 Å². The molecule has 9 heteroatoms. The number of ether oxygens (including phenoxy) is 1. The van der Waals surface area contributed by atoms with E-state index in [4.69, 9.17) is 0 Å². The lowest BCUT2D eigenvalue weighted by molar-refractivity contribution is -0.274. The van der Waals surface area contributed by atoms with Gasteiger partial charge in [0.15, 0.2) is 5.75 Å². The molecule has 2 aromatic carbocycles. The fourth-order valence-corrected chi connectivity index (χ4v) is 3.46. The van der Waals surface area contributed by atoms with E-state index in [1.807, 2.05) is 6.92 Å². The third-order valence-corrected chi connectivity index (χ3v) is 5.57. The van der Waals surface area contributed by atoms with Gasteiger partial charge in [0.05, 0.1) is 5.52 Å². The van der Waals surface area contributed by atoms with Gasteiger partial charge in [-0.05, 0) is 68.9 Å². The number of pyridine rings is 1. The number of benzene rings is 2. The molecule has 0 aliphatic heterocycles. The third-order valence-electron chi connectivity index (χ3n) is 5.57. The fourth-order valence-electron chi connectivity index (χ4n) is 3.46. The second kappa shape index (κ2) is 11.2. The van der Waals surface area contributed by atoms with Crippen LogP contribution >= 0.6 is 0 Å². The van der Waals surface area contributed by atoms with E-state index < -0.39 is 23.8 Å². The average Bonchev–Trinajstić information content (AvgIpc) is 2.77. The number of hydrogen-bond acceptors (Lipinski definition) is 5. The summed E-state index contributed by atoms with van der Waals surface area (Å²) in [5.41, 5.74) is 1.94. The Morgan fingerprint density at radius 1 is 1.00 bits per heavy atom. The first-order valence-corrected chi connectivity index (χ1v) is 10.9. The monoisotopic (exact) mass is 478 g/mol. The number of aromatic nitrogens is 1. The Bertz CT molecular complexity index is 1140. The van der Waals surface area contributed by atoms with Crippen LogP contribution in [0.4, 0.5) is 13.2 Å². The van der Waals surface area contributed by atoms with Crippen LogP contribution < -0.4 is 4.74 Å². The van der Waals surface area contributed by atoms with Crippen molar-refractivity contribution < 1.29 is 32.9 Å². The number of carboxylic acid groups (broad SMARTS) is 1. The number of carboxylic acids is 1. The van der Waals surface area contributed by atoms with E-state index in [-0.39, 0.29) is 22.2 Å². The van der Waals surface area contributed by atoms with Gasteiger partial charge in [-0.25, -0.2) is 9.78 Å². The number of aromatic hydroxyl groups is 1. The first-order valence-electron chi connectivity index (χ1n) is 10.9. The van der Waals surface area contributed by atoms with Gasteiger partial charge in [-0.1, -0.05) is 32.9 Å². The van der Waals surface area contributed by atoms with Gasteiger partial charge >= 0.3 is 12.3 Å². The Labute approximate surface area is 196 Å². The van der Waals surface area contributed by atoms with Gasteiger partial charge in [-0.3, -0.25) is 0 Å². The molecule has 3 rings (SSSR count). The van der Waals surface area contributed by atoms with Crippen molar-refractivity contribution >= 4 is 16.9 Å². The van der Waals surface area contributed by atoms with E-state index in [0.29, 0.717) is 5.52 Å². The second-order valence-electron chi connectivity index (χ2n) is 7.58. The number of aromatic carboxylic acids is 1. The van der Waals surface area contributed by atoms with Crippen LogP contribution in [0.3, 0.4) is 0 Å². The highest BCUT2D eigenvalue weighted by molar-refractivity contribution is 6.08. The number of aryl methyl sites for hydroxylation is 2. The molecule has 6 nitrogen and oxygen atoms in total. The number of carbonyl (C=O) groups is 1. The summed E-state index contributed by atoms with van der Waals surface area (Å²) in [4.78, 5) is 18.4. The molecule has 0 fully saturated rings. The van der Waals surface area contributed by atoms with Crippen LogP contribution in [0.2, 0.25) is 0 Å². The molecule has 0 saturated carbocycles. The Kier molecular flexibility index (Phi) is 8.86. The summed E-state index contributed by atoms with van der Waals surface area (Å²) in [6.07, 6.45) is -4.82. The van der Waals surface area contributed by atoms with Gasteiger partial charge in [0, 0.05) is 10.9 Å². The van der Waals surface area contributed by atoms with Crippen LogP contribution in [-0.4, -0.2) is 52.1 Å². The van der Waals surface area contributed by atoms with E-state index in [9.17, 15) is 28.2 Å². The summed E-state index contributed by atoms with van der Waals surface area (Å²) in [5, 5.41) is 20.3. The maximum Gasteiger partial charge on any atom is 0.573 e. The van der Waals surface area contributed by atoms with Crippen LogP contribution in [0.25, 0.3) is 22.2 Å². The molecule has 0 bridgehead atoms. The molecule has 1 aromatic heterocycles. The molecular weight excluding hydrogens is 449 g/mol. The predicted molar refractivity (Wildman–Crippen MR) is 125 cm³/mol. The van der Waals surface area contributed by atoms with Crippen molar-refractivity contribution in [3.8, 4) is 22.8 Å². The lowest BCUT2D eigenvalue weighted by Gasteiger charge is -2.14. The van der Waals surface area contributed by atoms with E-state index in [1.165, 1.54) is 31.8 Å². The minimum Gasteiger partial charge on any atom is -0.505 e. The molecule has 0 radical (unpaired) electrons. The van der Waals surface area contributed by atoms with E-state index in [2.05, 4.69) is 35.4 Å². The smallest absolute Gasteiger partial charge is 0.505 e. The van der Waals surface area contributed by atoms with Gasteiger partial charge in [0.1, 0.15) is 17.0 Å². The van der Waals surface area contributed by atoms with Crippen molar-refractivity contribution in [3.05, 3.63) is 53.1 Å². The third kappa shape index (κ3) is 6.38. The highest BCUT2D eigenvalue weighted by atomic mass is 19.4. The van der Waals surface area contributed by atoms with Crippen molar-refractivity contribution in [1.29, 1.82) is 0 Å². The van der Waals surface area contributed by atoms with E-state index in [1.54, 1.807) is 19.1 Å². The molecule has 0 amide bonds. The van der Waals surface area contributed by atoms with Crippen molar-refractivity contribution in [2.24, 2.45) is 0 Å². The standard InChI is InChI=1S/C19H14F3NO4.C6H15N/c1-9-3-8-13-14(18(25)26)17(24)16(23-15(13)10(9)2)11-4-6-12(7-5-11)27-19(20,21)22;1-4-7(5-2)6-3/h3-8,24H,1-2H3,(H,25,26);4-6H2,1-3H3. The van der Waals surface area contributed by atoms with Crippen LogP contribution in [-0.2, 0) is 0 Å². The normalized spacial score (nSPS) is 11.3. The quantitative estimate of drug-likeness (QED) is 0.441. The van der Waals surface area contributed by atoms with Crippen molar-refractivity contribution in [3.63, 3.8) is 0 Å². The van der Waals surface area contributed by atoms with Crippen molar-refractivity contribution in [1.82, 2.24) is 9.88 Å². The SMILES string of the molecule is CCN(CC)CC.Cc1ccc2c(C(=O)O)c(O)c(-c3ccc(OC(F)(F)F)cc3)nc2c1C. The van der Waals surface area contributed by atoms with E-state index in [0.717, 1.165) is 23.3 Å². The number of nitrogens with zero attached hydrogens (tertiary/aromatic N) is 2. The molecule has 0 saturated heterocycles. The van der Waals surface area contributed by atoms with Gasteiger partial charge in [-0.2, -0.15) is 0 Å². The summed E-state index contributed by atoms with van der Waals surface area (Å²) < 4.78 is 40.7. The molecule has 0 atom stereocenters. The molecule has 0 aliphatic rings. The van der Waals surface area contributed by atoms with Gasteiger partial charge < -0.3 is 19.8 Å². The minimum absolute atomic E-state index is 0.0350. The Morgan fingerprint density at radius 2 is 1.56 bits per heavy atom. The first kappa shape index (κ1) is 26.9. The van der Waals surface area contributed by atoms with E-state index >= 15 is 0 Å². The Balaban J connectivity index is 0.000000509. The summed E-state index contributed by atoms with van der Waals surface area (Å²) in [7, 11) is 0. The van der Waals surface area contributed by atoms with Crippen molar-refractivity contribution in [2.75, 3.05) is 19.6 Å². The number of halogens is 3. The van der Waals surface area contributed by atoms with Crippen molar-refractivity contribution in [2.45, 2.75) is 41.0 Å². The largest absolute Gasteiger partial charge is 0.573 e. The average molecular weight is 479 g/mol. The Morgan fingerprint density at radius 3 is 2.00 bits per heavy atom. The number of alkyl halides is 3. The number of rotatable bonds is 6. The first-order chi connectivity index (χ1) is 15.9. The maximum atomic E-state index is 12.3. The molecule has 0 aliphatic carbocycles. The molecule has 0 spiro atoms. The van der Waals surface area contributed by atoms with Gasteiger partial charge in [0.2, 0.25) is 0 Å². The zero-order chi connectivity index (χ0) is 25.6. The zero-order valence-corrected chi connectivity index (χ0v) is 19.8. The lowest BCUT2D eigenvalue weighted by atomic mass is 9.98. The summed E-state index contributed by atoms with van der Waals surface area (Å²) >= 11 is 0.